The highest BCUT2D eigenvalue weighted by Gasteiger charge is 2.39. The van der Waals surface area contributed by atoms with Gasteiger partial charge in [-0.1, -0.05) is 30.4 Å². The summed E-state index contributed by atoms with van der Waals surface area (Å²) in [5.74, 6) is 0.586. The first-order valence-corrected chi connectivity index (χ1v) is 8.12. The van der Waals surface area contributed by atoms with Crippen molar-refractivity contribution in [3.63, 3.8) is 0 Å². The van der Waals surface area contributed by atoms with Crippen LogP contribution in [-0.2, 0) is 0 Å². The van der Waals surface area contributed by atoms with Crippen LogP contribution in [0.3, 0.4) is 0 Å². The van der Waals surface area contributed by atoms with Gasteiger partial charge in [-0.05, 0) is 42.2 Å². The van der Waals surface area contributed by atoms with Crippen molar-refractivity contribution in [1.29, 1.82) is 0 Å². The smallest absolute Gasteiger partial charge is 0.335 e. The fourth-order valence-electron chi connectivity index (χ4n) is 3.96. The maximum atomic E-state index is 11.3. The highest BCUT2D eigenvalue weighted by Crippen LogP contribution is 2.51. The Labute approximate surface area is 140 Å². The number of carboxylic acid groups (broad SMARTS) is 1. The van der Waals surface area contributed by atoms with Crippen LogP contribution in [0, 0.1) is 5.92 Å². The third kappa shape index (κ3) is 2.26. The average Bonchev–Trinajstić information content (AvgIpc) is 3.10. The molecule has 2 aliphatic rings. The Morgan fingerprint density at radius 3 is 2.83 bits per heavy atom. The second-order valence-corrected chi connectivity index (χ2v) is 6.32. The zero-order valence-electron chi connectivity index (χ0n) is 13.4. The monoisotopic (exact) mass is 321 g/mol. The molecular weight excluding hydrogens is 302 g/mol. The number of carbonyl (C=O) groups is 1. The highest BCUT2D eigenvalue weighted by molar-refractivity contribution is 5.89. The van der Waals surface area contributed by atoms with Gasteiger partial charge in [-0.3, -0.25) is 0 Å². The van der Waals surface area contributed by atoms with E-state index in [4.69, 9.17) is 4.74 Å². The number of ether oxygens (including phenoxy) is 1. The second-order valence-electron chi connectivity index (χ2n) is 6.32. The van der Waals surface area contributed by atoms with E-state index in [9.17, 15) is 9.90 Å². The van der Waals surface area contributed by atoms with Crippen molar-refractivity contribution in [2.75, 3.05) is 12.4 Å². The zero-order valence-corrected chi connectivity index (χ0v) is 13.4. The van der Waals surface area contributed by atoms with Crippen LogP contribution in [0.4, 0.5) is 5.69 Å². The molecule has 1 heterocycles. The lowest BCUT2D eigenvalue weighted by Gasteiger charge is -2.38. The number of allylic oxidation sites excluding steroid dienone is 2. The lowest BCUT2D eigenvalue weighted by molar-refractivity contribution is 0.0696. The first kappa shape index (κ1) is 14.8. The van der Waals surface area contributed by atoms with Crippen LogP contribution in [-0.4, -0.2) is 18.2 Å². The Hall–Kier alpha value is -2.75. The van der Waals surface area contributed by atoms with Crippen LogP contribution in [0.5, 0.6) is 5.75 Å². The number of hydrogen-bond donors (Lipinski definition) is 2. The number of benzene rings is 2. The molecule has 24 heavy (non-hydrogen) atoms. The summed E-state index contributed by atoms with van der Waals surface area (Å²) in [6.45, 7) is 0. The van der Waals surface area contributed by atoms with Crippen molar-refractivity contribution in [3.05, 3.63) is 71.3 Å². The molecule has 2 aromatic rings. The second kappa shape index (κ2) is 5.71. The number of anilines is 1. The van der Waals surface area contributed by atoms with Gasteiger partial charge >= 0.3 is 5.97 Å². The molecule has 0 bridgehead atoms. The number of carboxylic acids is 1. The third-order valence-corrected chi connectivity index (χ3v) is 5.08. The van der Waals surface area contributed by atoms with E-state index in [0.717, 1.165) is 29.0 Å². The van der Waals surface area contributed by atoms with Gasteiger partial charge < -0.3 is 15.2 Å². The largest absolute Gasteiger partial charge is 0.496 e. The van der Waals surface area contributed by atoms with Crippen LogP contribution >= 0.6 is 0 Å². The van der Waals surface area contributed by atoms with E-state index in [0.29, 0.717) is 11.5 Å². The lowest BCUT2D eigenvalue weighted by atomic mass is 9.76. The maximum Gasteiger partial charge on any atom is 0.335 e. The molecule has 3 atom stereocenters. The minimum absolute atomic E-state index is 0.143. The van der Waals surface area contributed by atoms with Gasteiger partial charge in [-0.15, -0.1) is 0 Å². The van der Waals surface area contributed by atoms with Gasteiger partial charge in [-0.2, -0.15) is 0 Å². The summed E-state index contributed by atoms with van der Waals surface area (Å²) in [6, 6.07) is 13.6. The van der Waals surface area contributed by atoms with E-state index >= 15 is 0 Å². The number of para-hydroxylation sites is 1. The standard InChI is InChI=1S/C20H19NO3/c1-24-18-8-3-2-5-15(18)19-14-7-4-6-13(14)16-11-12(20(22)23)9-10-17(16)21-19/h2-6,8-11,13-14,19,21H,7H2,1H3,(H,22,23)/t13-,14+,19-/m1/s1. The van der Waals surface area contributed by atoms with Crippen molar-refractivity contribution in [2.45, 2.75) is 18.4 Å². The molecule has 0 aromatic heterocycles. The molecule has 4 rings (SSSR count). The number of hydrogen-bond acceptors (Lipinski definition) is 3. The van der Waals surface area contributed by atoms with Crippen LogP contribution in [0.15, 0.2) is 54.6 Å². The summed E-state index contributed by atoms with van der Waals surface area (Å²) in [5.41, 5.74) is 3.56. The molecule has 4 nitrogen and oxygen atoms in total. The van der Waals surface area contributed by atoms with Crippen LogP contribution in [0.2, 0.25) is 0 Å². The molecule has 0 saturated carbocycles. The van der Waals surface area contributed by atoms with E-state index in [1.54, 1.807) is 19.2 Å². The molecule has 0 fully saturated rings. The molecule has 2 N–H and O–H groups in total. The summed E-state index contributed by atoms with van der Waals surface area (Å²) >= 11 is 0. The molecule has 0 amide bonds. The molecular formula is C20H19NO3. The van der Waals surface area contributed by atoms with Gasteiger partial charge in [0.15, 0.2) is 0 Å². The van der Waals surface area contributed by atoms with Crippen LogP contribution < -0.4 is 10.1 Å². The average molecular weight is 321 g/mol. The predicted octanol–water partition coefficient (Wildman–Crippen LogP) is 4.22. The molecule has 0 radical (unpaired) electrons. The Kier molecular flexibility index (Phi) is 3.53. The van der Waals surface area contributed by atoms with E-state index in [2.05, 4.69) is 23.5 Å². The molecule has 2 aromatic carbocycles. The van der Waals surface area contributed by atoms with E-state index in [1.807, 2.05) is 24.3 Å². The molecule has 0 unspecified atom stereocenters. The minimum atomic E-state index is -0.886. The third-order valence-electron chi connectivity index (χ3n) is 5.08. The van der Waals surface area contributed by atoms with Crippen LogP contribution in [0.1, 0.15) is 39.9 Å². The number of nitrogens with one attached hydrogen (secondary N) is 1. The zero-order chi connectivity index (χ0) is 16.7. The molecule has 122 valence electrons. The van der Waals surface area contributed by atoms with E-state index < -0.39 is 5.97 Å². The topological polar surface area (TPSA) is 58.6 Å². The van der Waals surface area contributed by atoms with Crippen molar-refractivity contribution in [1.82, 2.24) is 0 Å². The summed E-state index contributed by atoms with van der Waals surface area (Å²) in [5, 5.41) is 12.9. The lowest BCUT2D eigenvalue weighted by Crippen LogP contribution is -2.29. The quantitative estimate of drug-likeness (QED) is 0.831. The first-order valence-electron chi connectivity index (χ1n) is 8.12. The molecule has 4 heteroatoms. The van der Waals surface area contributed by atoms with Crippen molar-refractivity contribution in [2.24, 2.45) is 5.92 Å². The van der Waals surface area contributed by atoms with Crippen molar-refractivity contribution < 1.29 is 14.6 Å². The predicted molar refractivity (Wildman–Crippen MR) is 92.7 cm³/mol. The fraction of sp³-hybridized carbons (Fsp3) is 0.250. The maximum absolute atomic E-state index is 11.3. The number of methoxy groups -OCH3 is 1. The fourth-order valence-corrected chi connectivity index (χ4v) is 3.96. The van der Waals surface area contributed by atoms with Crippen molar-refractivity contribution in [3.8, 4) is 5.75 Å². The van der Waals surface area contributed by atoms with Gasteiger partial charge in [0.05, 0.1) is 18.7 Å². The number of fused-ring (bicyclic) bond motifs is 3. The summed E-state index contributed by atoms with van der Waals surface area (Å²) in [7, 11) is 1.69. The van der Waals surface area contributed by atoms with Gasteiger partial charge in [0.1, 0.15) is 5.75 Å². The van der Waals surface area contributed by atoms with Crippen molar-refractivity contribution >= 4 is 11.7 Å². The van der Waals surface area contributed by atoms with Gasteiger partial charge in [0, 0.05) is 17.2 Å². The van der Waals surface area contributed by atoms with Gasteiger partial charge in [0.25, 0.3) is 0 Å². The molecule has 1 aliphatic heterocycles. The molecule has 0 spiro atoms. The Bertz CT molecular complexity index is 827. The van der Waals surface area contributed by atoms with Gasteiger partial charge in [0.2, 0.25) is 0 Å². The minimum Gasteiger partial charge on any atom is -0.496 e. The number of rotatable bonds is 3. The van der Waals surface area contributed by atoms with Crippen LogP contribution in [0.25, 0.3) is 0 Å². The number of aromatic carboxylic acids is 1. The first-order chi connectivity index (χ1) is 11.7. The Morgan fingerprint density at radius 2 is 2.04 bits per heavy atom. The van der Waals surface area contributed by atoms with Gasteiger partial charge in [-0.25, -0.2) is 4.79 Å². The SMILES string of the molecule is COc1ccccc1[C@@H]1Nc2ccc(C(=O)O)cc2[C@@H]2C=CC[C@@H]21. The van der Waals surface area contributed by atoms with E-state index in [1.165, 1.54) is 0 Å². The summed E-state index contributed by atoms with van der Waals surface area (Å²) in [6.07, 6.45) is 5.37. The molecule has 0 saturated heterocycles. The molecule has 1 aliphatic carbocycles. The van der Waals surface area contributed by atoms with E-state index in [-0.39, 0.29) is 12.0 Å². The summed E-state index contributed by atoms with van der Waals surface area (Å²) < 4.78 is 5.55. The Morgan fingerprint density at radius 1 is 1.21 bits per heavy atom. The Balaban J connectivity index is 1.80. The summed E-state index contributed by atoms with van der Waals surface area (Å²) in [4.78, 5) is 11.3. The normalized spacial score (nSPS) is 24.0. The highest BCUT2D eigenvalue weighted by atomic mass is 16.5.